The van der Waals surface area contributed by atoms with E-state index >= 15 is 0 Å². The van der Waals surface area contributed by atoms with E-state index in [1.54, 1.807) is 42.5 Å². The molecule has 204 valence electrons. The van der Waals surface area contributed by atoms with Gasteiger partial charge in [0, 0.05) is 34.7 Å². The van der Waals surface area contributed by atoms with Crippen LogP contribution >= 0.6 is 0 Å². The van der Waals surface area contributed by atoms with Crippen LogP contribution in [0.2, 0.25) is 0 Å². The minimum Gasteiger partial charge on any atom is -0.507 e. The van der Waals surface area contributed by atoms with Gasteiger partial charge in [0.15, 0.2) is 17.3 Å². The zero-order valence-corrected chi connectivity index (χ0v) is 21.5. The van der Waals surface area contributed by atoms with Crippen molar-refractivity contribution in [2.45, 2.75) is 38.3 Å². The maximum absolute atomic E-state index is 14.2. The maximum Gasteiger partial charge on any atom is 0.418 e. The average Bonchev–Trinajstić information content (AvgIpc) is 3.40. The van der Waals surface area contributed by atoms with E-state index in [9.17, 15) is 28.5 Å². The molecule has 0 amide bonds. The highest BCUT2D eigenvalue weighted by molar-refractivity contribution is 6.20. The Morgan fingerprint density at radius 2 is 1.73 bits per heavy atom. The molecule has 1 aliphatic carbocycles. The Morgan fingerprint density at radius 3 is 2.48 bits per heavy atom. The summed E-state index contributed by atoms with van der Waals surface area (Å²) in [6, 6.07) is 17.1. The van der Waals surface area contributed by atoms with E-state index in [4.69, 9.17) is 9.47 Å². The molecule has 6 nitrogen and oxygen atoms in total. The van der Waals surface area contributed by atoms with E-state index < -0.39 is 17.7 Å². The third-order valence-electron chi connectivity index (χ3n) is 7.52. The van der Waals surface area contributed by atoms with Gasteiger partial charge < -0.3 is 14.6 Å². The molecule has 0 fully saturated rings. The van der Waals surface area contributed by atoms with Crippen LogP contribution in [0.5, 0.6) is 11.5 Å². The molecule has 3 aliphatic rings. The molecule has 3 aromatic carbocycles. The lowest BCUT2D eigenvalue weighted by atomic mass is 9.73. The first kappa shape index (κ1) is 25.7. The van der Waals surface area contributed by atoms with Gasteiger partial charge in [0.1, 0.15) is 11.6 Å². The van der Waals surface area contributed by atoms with Crippen molar-refractivity contribution >= 4 is 23.1 Å². The van der Waals surface area contributed by atoms with Gasteiger partial charge >= 0.3 is 6.18 Å². The quantitative estimate of drug-likeness (QED) is 0.337. The lowest BCUT2D eigenvalue weighted by molar-refractivity contribution is -0.137. The highest BCUT2D eigenvalue weighted by Gasteiger charge is 2.45. The number of allylic oxidation sites excluding steroid dienone is 2. The predicted octanol–water partition coefficient (Wildman–Crippen LogP) is 7.30. The number of aryl methyl sites for hydroxylation is 1. The molecule has 0 radical (unpaired) electrons. The van der Waals surface area contributed by atoms with Crippen LogP contribution in [0.25, 0.3) is 5.76 Å². The van der Waals surface area contributed by atoms with E-state index in [1.807, 2.05) is 6.92 Å². The molecule has 0 spiro atoms. The number of alkyl halides is 3. The number of anilines is 1. The highest BCUT2D eigenvalue weighted by Crippen LogP contribution is 2.50. The van der Waals surface area contributed by atoms with E-state index in [-0.39, 0.29) is 47.4 Å². The van der Waals surface area contributed by atoms with Crippen molar-refractivity contribution in [2.75, 3.05) is 11.7 Å². The van der Waals surface area contributed by atoms with Crippen molar-refractivity contribution in [3.63, 3.8) is 0 Å². The van der Waals surface area contributed by atoms with Gasteiger partial charge in [-0.2, -0.15) is 13.2 Å². The Kier molecular flexibility index (Phi) is 6.17. The van der Waals surface area contributed by atoms with E-state index in [0.717, 1.165) is 11.6 Å². The molecule has 2 aliphatic heterocycles. The smallest absolute Gasteiger partial charge is 0.418 e. The van der Waals surface area contributed by atoms with Crippen LogP contribution in [-0.2, 0) is 11.0 Å². The molecule has 2 N–H and O–H groups in total. The summed E-state index contributed by atoms with van der Waals surface area (Å²) in [4.78, 5) is 14.8. The number of aliphatic hydroxyl groups is 1. The van der Waals surface area contributed by atoms with Crippen molar-refractivity contribution in [2.24, 2.45) is 0 Å². The molecular weight excluding hydrogens is 521 g/mol. The minimum atomic E-state index is -4.70. The molecular formula is C31H25F3N2O4. The summed E-state index contributed by atoms with van der Waals surface area (Å²) < 4.78 is 53.6. The Labute approximate surface area is 228 Å². The van der Waals surface area contributed by atoms with Gasteiger partial charge in [-0.25, -0.2) is 0 Å². The maximum atomic E-state index is 14.2. The number of Topliss-reactive ketones (excluding diaryl/α,β-unsaturated/α-hetero) is 1. The Hall–Kier alpha value is -4.53. The number of fused-ring (bicyclic) bond motifs is 1. The molecule has 6 rings (SSSR count). The number of benzene rings is 3. The van der Waals surface area contributed by atoms with Gasteiger partial charge in [-0.3, -0.25) is 15.1 Å². The van der Waals surface area contributed by atoms with Gasteiger partial charge in [0.2, 0.25) is 6.79 Å². The lowest BCUT2D eigenvalue weighted by Crippen LogP contribution is -2.43. The minimum absolute atomic E-state index is 0.0332. The second-order valence-electron chi connectivity index (χ2n) is 10.0. The number of rotatable bonds is 3. The Bertz CT molecular complexity index is 1610. The summed E-state index contributed by atoms with van der Waals surface area (Å²) in [6.45, 7) is 1.92. The first-order valence-electron chi connectivity index (χ1n) is 12.9. The van der Waals surface area contributed by atoms with Crippen molar-refractivity contribution in [3.05, 3.63) is 106 Å². The topological polar surface area (TPSA) is 82.9 Å². The predicted molar refractivity (Wildman–Crippen MR) is 144 cm³/mol. The number of carbonyl (C=O) groups excluding carboxylic acids is 1. The molecule has 0 unspecified atom stereocenters. The highest BCUT2D eigenvalue weighted by atomic mass is 19.4. The lowest BCUT2D eigenvalue weighted by Gasteiger charge is -2.42. The molecule has 0 aromatic heterocycles. The number of carbonyl (C=O) groups is 1. The molecule has 9 heteroatoms. The SMILES string of the molecule is Cc1ccc(/C(O)=C2\C(=N)N(c3ccccc3C(F)(F)F)C3=C(C(=O)CCC3)[C@@H]2c2ccc3c(c2)OCO3)cc1. The van der Waals surface area contributed by atoms with Gasteiger partial charge in [-0.15, -0.1) is 0 Å². The molecule has 0 saturated heterocycles. The van der Waals surface area contributed by atoms with Crippen molar-refractivity contribution in [1.82, 2.24) is 0 Å². The first-order chi connectivity index (χ1) is 19.1. The summed E-state index contributed by atoms with van der Waals surface area (Å²) in [5.41, 5.74) is 1.34. The zero-order chi connectivity index (χ0) is 28.2. The fourth-order valence-electron chi connectivity index (χ4n) is 5.66. The normalized spacial score (nSPS) is 20.1. The van der Waals surface area contributed by atoms with Crippen LogP contribution in [0.1, 0.15) is 47.4 Å². The number of nitrogens with one attached hydrogen (secondary N) is 1. The second kappa shape index (κ2) is 9.59. The van der Waals surface area contributed by atoms with Gasteiger partial charge in [0.05, 0.1) is 11.3 Å². The number of ketones is 1. The number of nitrogens with zero attached hydrogens (tertiary/aromatic N) is 1. The standard InChI is InChI=1S/C31H25F3N2O4/c1-17-9-11-18(12-10-17)29(38)28-26(19-13-14-24-25(15-19)40-16-39-24)27-22(7-4-8-23(27)37)36(30(28)35)21-6-3-2-5-20(21)31(32,33)34/h2-3,5-6,9-15,26,35,38H,4,7-8,16H2,1H3/b29-28+,35-30?/t26-/m0/s1. The second-order valence-corrected chi connectivity index (χ2v) is 10.0. The van der Waals surface area contributed by atoms with Crippen LogP contribution in [0, 0.1) is 12.3 Å². The number of aliphatic hydroxyl groups excluding tert-OH is 1. The number of halogens is 3. The number of ether oxygens (including phenoxy) is 2. The van der Waals surface area contributed by atoms with Gasteiger partial charge in [0.25, 0.3) is 0 Å². The van der Waals surface area contributed by atoms with Crippen LogP contribution in [-0.4, -0.2) is 23.5 Å². The number of hydrogen-bond donors (Lipinski definition) is 2. The fourth-order valence-corrected chi connectivity index (χ4v) is 5.66. The summed E-state index contributed by atoms with van der Waals surface area (Å²) in [5, 5.41) is 21.0. The molecule has 0 saturated carbocycles. The van der Waals surface area contributed by atoms with E-state index in [0.29, 0.717) is 41.2 Å². The summed E-state index contributed by atoms with van der Waals surface area (Å²) in [6.07, 6.45) is -3.75. The van der Waals surface area contributed by atoms with Crippen molar-refractivity contribution < 1.29 is 32.5 Å². The van der Waals surface area contributed by atoms with Crippen molar-refractivity contribution in [3.8, 4) is 11.5 Å². The third kappa shape index (κ3) is 4.22. The fraction of sp³-hybridized carbons (Fsp3) is 0.226. The summed E-state index contributed by atoms with van der Waals surface area (Å²) in [7, 11) is 0. The van der Waals surface area contributed by atoms with E-state index in [2.05, 4.69) is 0 Å². The third-order valence-corrected chi connectivity index (χ3v) is 7.52. The summed E-state index contributed by atoms with van der Waals surface area (Å²) >= 11 is 0. The first-order valence-corrected chi connectivity index (χ1v) is 12.9. The Morgan fingerprint density at radius 1 is 1.00 bits per heavy atom. The van der Waals surface area contributed by atoms with Crippen molar-refractivity contribution in [1.29, 1.82) is 5.41 Å². The molecule has 0 bridgehead atoms. The van der Waals surface area contributed by atoms with Crippen LogP contribution in [0.4, 0.5) is 18.9 Å². The molecule has 3 aromatic rings. The number of para-hydroxylation sites is 1. The van der Waals surface area contributed by atoms with E-state index in [1.165, 1.54) is 23.1 Å². The molecule has 1 atom stereocenters. The summed E-state index contributed by atoms with van der Waals surface area (Å²) in [5.74, 6) is -0.778. The largest absolute Gasteiger partial charge is 0.507 e. The van der Waals surface area contributed by atoms with Gasteiger partial charge in [-0.05, 0) is 49.6 Å². The van der Waals surface area contributed by atoms with Crippen LogP contribution in [0.15, 0.2) is 83.6 Å². The average molecular weight is 547 g/mol. The van der Waals surface area contributed by atoms with Gasteiger partial charge in [-0.1, -0.05) is 48.0 Å². The van der Waals surface area contributed by atoms with Crippen LogP contribution < -0.4 is 14.4 Å². The Balaban J connectivity index is 1.66. The number of amidine groups is 1. The number of hydrogen-bond acceptors (Lipinski definition) is 5. The van der Waals surface area contributed by atoms with Crippen LogP contribution in [0.3, 0.4) is 0 Å². The monoisotopic (exact) mass is 546 g/mol. The molecule has 2 heterocycles. The molecule has 40 heavy (non-hydrogen) atoms. The zero-order valence-electron chi connectivity index (χ0n) is 21.5.